The van der Waals surface area contributed by atoms with Crippen molar-refractivity contribution in [3.05, 3.63) is 35.9 Å². The zero-order valence-electron chi connectivity index (χ0n) is 17.0. The summed E-state index contributed by atoms with van der Waals surface area (Å²) in [6.07, 6.45) is 1.58. The van der Waals surface area contributed by atoms with Crippen molar-refractivity contribution in [2.45, 2.75) is 19.4 Å². The van der Waals surface area contributed by atoms with Gasteiger partial charge in [0.1, 0.15) is 0 Å². The van der Waals surface area contributed by atoms with E-state index in [1.54, 1.807) is 4.90 Å². The topological polar surface area (TPSA) is 81.2 Å². The number of nitrogens with zero attached hydrogens (tertiary/aromatic N) is 4. The van der Waals surface area contributed by atoms with Gasteiger partial charge in [-0.2, -0.15) is 4.31 Å². The highest BCUT2D eigenvalue weighted by Crippen LogP contribution is 2.12. The SMILES string of the molecule is CS(=O)(=O)N1CCN(C(=O)CCC(=O)N2CCN(Cc3ccccc3)CC2)CC1. The first kappa shape index (κ1) is 21.7. The van der Waals surface area contributed by atoms with E-state index >= 15 is 0 Å². The molecule has 3 rings (SSSR count). The standard InChI is InChI=1S/C20H30N4O4S/c1-29(27,28)24-15-13-23(14-16-24)20(26)8-7-19(25)22-11-9-21(10-12-22)17-18-5-3-2-4-6-18/h2-6H,7-17H2,1H3. The van der Waals surface area contributed by atoms with E-state index < -0.39 is 10.0 Å². The van der Waals surface area contributed by atoms with Crippen LogP contribution in [0.3, 0.4) is 0 Å². The van der Waals surface area contributed by atoms with E-state index in [4.69, 9.17) is 0 Å². The first-order chi connectivity index (χ1) is 13.8. The molecule has 8 nitrogen and oxygen atoms in total. The first-order valence-corrected chi connectivity index (χ1v) is 11.9. The highest BCUT2D eigenvalue weighted by molar-refractivity contribution is 7.88. The van der Waals surface area contributed by atoms with E-state index in [0.29, 0.717) is 39.3 Å². The van der Waals surface area contributed by atoms with Gasteiger partial charge in [0.05, 0.1) is 6.26 Å². The number of benzene rings is 1. The Morgan fingerprint density at radius 2 is 1.28 bits per heavy atom. The van der Waals surface area contributed by atoms with Gasteiger partial charge in [-0.05, 0) is 5.56 Å². The molecule has 29 heavy (non-hydrogen) atoms. The van der Waals surface area contributed by atoms with Crippen LogP contribution in [0, 0.1) is 0 Å². The summed E-state index contributed by atoms with van der Waals surface area (Å²) < 4.78 is 24.5. The van der Waals surface area contributed by atoms with Crippen molar-refractivity contribution >= 4 is 21.8 Å². The molecule has 2 fully saturated rings. The molecule has 0 atom stereocenters. The summed E-state index contributed by atoms with van der Waals surface area (Å²) in [5, 5.41) is 0. The molecule has 1 aromatic rings. The normalized spacial score (nSPS) is 19.3. The molecule has 1 aromatic carbocycles. The fraction of sp³-hybridized carbons (Fsp3) is 0.600. The second-order valence-corrected chi connectivity index (χ2v) is 9.67. The zero-order chi connectivity index (χ0) is 20.9. The molecule has 160 valence electrons. The van der Waals surface area contributed by atoms with Crippen LogP contribution >= 0.6 is 0 Å². The molecule has 0 aliphatic carbocycles. The van der Waals surface area contributed by atoms with Crippen molar-refractivity contribution in [2.24, 2.45) is 0 Å². The van der Waals surface area contributed by atoms with Crippen LogP contribution in [0.25, 0.3) is 0 Å². The van der Waals surface area contributed by atoms with Gasteiger partial charge in [0.25, 0.3) is 0 Å². The molecular weight excluding hydrogens is 392 g/mol. The number of hydrogen-bond donors (Lipinski definition) is 0. The van der Waals surface area contributed by atoms with Gasteiger partial charge in [-0.25, -0.2) is 8.42 Å². The summed E-state index contributed by atoms with van der Waals surface area (Å²) in [4.78, 5) is 30.7. The number of rotatable bonds is 6. The Hall–Kier alpha value is -1.97. The van der Waals surface area contributed by atoms with Gasteiger partial charge in [0.2, 0.25) is 21.8 Å². The second-order valence-electron chi connectivity index (χ2n) is 7.69. The van der Waals surface area contributed by atoms with Gasteiger partial charge in [-0.15, -0.1) is 0 Å². The lowest BCUT2D eigenvalue weighted by atomic mass is 10.2. The second kappa shape index (κ2) is 9.69. The molecule has 0 bridgehead atoms. The lowest BCUT2D eigenvalue weighted by Gasteiger charge is -2.35. The fourth-order valence-corrected chi connectivity index (χ4v) is 4.62. The van der Waals surface area contributed by atoms with Gasteiger partial charge in [0.15, 0.2) is 0 Å². The lowest BCUT2D eigenvalue weighted by molar-refractivity contribution is -0.138. The Morgan fingerprint density at radius 1 is 0.793 bits per heavy atom. The summed E-state index contributed by atoms with van der Waals surface area (Å²) in [7, 11) is -3.21. The predicted octanol–water partition coefficient (Wildman–Crippen LogP) is 0.215. The van der Waals surface area contributed by atoms with Crippen LogP contribution in [0.4, 0.5) is 0 Å². The van der Waals surface area contributed by atoms with Crippen LogP contribution in [0.15, 0.2) is 30.3 Å². The molecule has 2 aliphatic rings. The van der Waals surface area contributed by atoms with Crippen molar-refractivity contribution in [2.75, 3.05) is 58.6 Å². The molecule has 9 heteroatoms. The Kier molecular flexibility index (Phi) is 7.26. The Bertz CT molecular complexity index is 799. The predicted molar refractivity (Wildman–Crippen MR) is 111 cm³/mol. The average Bonchev–Trinajstić information content (AvgIpc) is 2.72. The third-order valence-electron chi connectivity index (χ3n) is 5.59. The third-order valence-corrected chi connectivity index (χ3v) is 6.89. The number of piperazine rings is 2. The summed E-state index contributed by atoms with van der Waals surface area (Å²) in [6, 6.07) is 10.3. The highest BCUT2D eigenvalue weighted by Gasteiger charge is 2.27. The number of carbonyl (C=O) groups is 2. The average molecular weight is 423 g/mol. The van der Waals surface area contributed by atoms with Gasteiger partial charge in [-0.3, -0.25) is 14.5 Å². The van der Waals surface area contributed by atoms with Gasteiger partial charge >= 0.3 is 0 Å². The molecule has 0 unspecified atom stereocenters. The zero-order valence-corrected chi connectivity index (χ0v) is 17.8. The van der Waals surface area contributed by atoms with Crippen LogP contribution in [0.2, 0.25) is 0 Å². The molecule has 0 aromatic heterocycles. The van der Waals surface area contributed by atoms with E-state index in [9.17, 15) is 18.0 Å². The van der Waals surface area contributed by atoms with Gasteiger partial charge < -0.3 is 9.80 Å². The third kappa shape index (κ3) is 6.25. The maximum Gasteiger partial charge on any atom is 0.223 e. The quantitative estimate of drug-likeness (QED) is 0.655. The van der Waals surface area contributed by atoms with Crippen molar-refractivity contribution in [1.82, 2.24) is 19.0 Å². The first-order valence-electron chi connectivity index (χ1n) is 10.1. The minimum Gasteiger partial charge on any atom is -0.340 e. The summed E-state index contributed by atoms with van der Waals surface area (Å²) in [6.45, 7) is 5.35. The van der Waals surface area contributed by atoms with E-state index in [2.05, 4.69) is 17.0 Å². The highest BCUT2D eigenvalue weighted by atomic mass is 32.2. The molecule has 0 N–H and O–H groups in total. The monoisotopic (exact) mass is 422 g/mol. The summed E-state index contributed by atoms with van der Waals surface area (Å²) in [5.74, 6) is -0.0540. The van der Waals surface area contributed by atoms with Crippen LogP contribution in [0.5, 0.6) is 0 Å². The Morgan fingerprint density at radius 3 is 1.76 bits per heavy atom. The molecular formula is C20H30N4O4S. The molecule has 2 heterocycles. The van der Waals surface area contributed by atoms with Crippen molar-refractivity contribution in [1.29, 1.82) is 0 Å². The minimum atomic E-state index is -3.21. The largest absolute Gasteiger partial charge is 0.340 e. The maximum absolute atomic E-state index is 12.5. The van der Waals surface area contributed by atoms with Crippen LogP contribution < -0.4 is 0 Å². The Balaban J connectivity index is 1.36. The number of sulfonamides is 1. The number of hydrogen-bond acceptors (Lipinski definition) is 5. The fourth-order valence-electron chi connectivity index (χ4n) is 3.80. The van der Waals surface area contributed by atoms with Crippen molar-refractivity contribution in [3.8, 4) is 0 Å². The van der Waals surface area contributed by atoms with Crippen molar-refractivity contribution < 1.29 is 18.0 Å². The van der Waals surface area contributed by atoms with Crippen LogP contribution in [-0.2, 0) is 26.2 Å². The molecule has 0 radical (unpaired) electrons. The maximum atomic E-state index is 12.5. The lowest BCUT2D eigenvalue weighted by Crippen LogP contribution is -2.50. The van der Waals surface area contributed by atoms with Gasteiger partial charge in [-0.1, -0.05) is 30.3 Å². The van der Waals surface area contributed by atoms with E-state index in [1.807, 2.05) is 23.1 Å². The number of carbonyl (C=O) groups excluding carboxylic acids is 2. The minimum absolute atomic E-state index is 0.0208. The molecule has 0 spiro atoms. The van der Waals surface area contributed by atoms with Crippen LogP contribution in [-0.4, -0.2) is 97.9 Å². The van der Waals surface area contributed by atoms with Crippen LogP contribution in [0.1, 0.15) is 18.4 Å². The van der Waals surface area contributed by atoms with E-state index in [0.717, 1.165) is 19.6 Å². The summed E-state index contributed by atoms with van der Waals surface area (Å²) in [5.41, 5.74) is 1.27. The van der Waals surface area contributed by atoms with Gasteiger partial charge in [0, 0.05) is 71.7 Å². The molecule has 2 saturated heterocycles. The molecule has 0 saturated carbocycles. The van der Waals surface area contributed by atoms with E-state index in [-0.39, 0.29) is 24.7 Å². The summed E-state index contributed by atoms with van der Waals surface area (Å²) >= 11 is 0. The van der Waals surface area contributed by atoms with Crippen molar-refractivity contribution in [3.63, 3.8) is 0 Å². The molecule has 2 aliphatic heterocycles. The Labute approximate surface area is 173 Å². The molecule has 2 amide bonds. The van der Waals surface area contributed by atoms with E-state index in [1.165, 1.54) is 16.1 Å². The number of amides is 2. The smallest absolute Gasteiger partial charge is 0.223 e.